The Balaban J connectivity index is 1.57. The van der Waals surface area contributed by atoms with Crippen molar-refractivity contribution in [3.63, 3.8) is 0 Å². The summed E-state index contributed by atoms with van der Waals surface area (Å²) in [5.74, 6) is 1.67. The second kappa shape index (κ2) is 6.84. The number of methoxy groups -OCH3 is 1. The molecule has 0 aliphatic carbocycles. The van der Waals surface area contributed by atoms with Gasteiger partial charge in [0.1, 0.15) is 11.5 Å². The molecule has 0 saturated carbocycles. The minimum atomic E-state index is -0.308. The van der Waals surface area contributed by atoms with Crippen molar-refractivity contribution in [1.82, 2.24) is 9.99 Å². The highest BCUT2D eigenvalue weighted by molar-refractivity contribution is 6.30. The van der Waals surface area contributed by atoms with Crippen LogP contribution in [-0.2, 0) is 0 Å². The van der Waals surface area contributed by atoms with Crippen molar-refractivity contribution < 1.29 is 9.47 Å². The van der Waals surface area contributed by atoms with Crippen LogP contribution in [0.1, 0.15) is 35.4 Å². The van der Waals surface area contributed by atoms with E-state index in [9.17, 15) is 0 Å². The molecular formula is C22H18ClN3O2. The predicted octanol–water partition coefficient (Wildman–Crippen LogP) is 4.99. The maximum atomic E-state index is 6.32. The van der Waals surface area contributed by atoms with Crippen LogP contribution in [-0.4, -0.2) is 22.8 Å². The molecule has 2 atom stereocenters. The van der Waals surface area contributed by atoms with Gasteiger partial charge in [0, 0.05) is 35.0 Å². The Morgan fingerprint density at radius 2 is 1.86 bits per heavy atom. The van der Waals surface area contributed by atoms with Gasteiger partial charge < -0.3 is 9.47 Å². The molecule has 0 saturated heterocycles. The van der Waals surface area contributed by atoms with Crippen molar-refractivity contribution in [1.29, 1.82) is 0 Å². The fourth-order valence-corrected chi connectivity index (χ4v) is 3.94. The third kappa shape index (κ3) is 2.88. The lowest BCUT2D eigenvalue weighted by atomic mass is 9.96. The first-order valence-corrected chi connectivity index (χ1v) is 9.47. The van der Waals surface area contributed by atoms with Crippen LogP contribution in [0.5, 0.6) is 11.5 Å². The highest BCUT2D eigenvalue weighted by Gasteiger charge is 2.41. The Labute approximate surface area is 168 Å². The fraction of sp³-hybridized carbons (Fsp3) is 0.182. The molecule has 1 aromatic heterocycles. The Morgan fingerprint density at radius 3 is 2.61 bits per heavy atom. The number of hydrazone groups is 1. The second-order valence-corrected chi connectivity index (χ2v) is 7.24. The largest absolute Gasteiger partial charge is 0.497 e. The molecular weight excluding hydrogens is 374 g/mol. The smallest absolute Gasteiger partial charge is 0.213 e. The number of nitrogens with zero attached hydrogens (tertiary/aromatic N) is 3. The van der Waals surface area contributed by atoms with Gasteiger partial charge in [-0.1, -0.05) is 11.6 Å². The summed E-state index contributed by atoms with van der Waals surface area (Å²) in [5, 5.41) is 7.67. The molecule has 2 aromatic carbocycles. The number of aromatic nitrogens is 1. The van der Waals surface area contributed by atoms with Crippen molar-refractivity contribution in [2.45, 2.75) is 18.7 Å². The molecule has 5 nitrogen and oxygen atoms in total. The molecule has 0 radical (unpaired) electrons. The number of rotatable bonds is 3. The summed E-state index contributed by atoms with van der Waals surface area (Å²) in [4.78, 5) is 4.12. The SMILES string of the molecule is COc1ccc(C2=NN3[C@H](C2)c2cc(Cl)ccc2O[C@@H]3c2ccncc2)cc1. The van der Waals surface area contributed by atoms with Gasteiger partial charge in [-0.2, -0.15) is 5.10 Å². The summed E-state index contributed by atoms with van der Waals surface area (Å²) in [5.41, 5.74) is 4.17. The first kappa shape index (κ1) is 17.1. The van der Waals surface area contributed by atoms with E-state index in [4.69, 9.17) is 26.2 Å². The van der Waals surface area contributed by atoms with Crippen molar-refractivity contribution >= 4 is 17.3 Å². The van der Waals surface area contributed by atoms with Gasteiger partial charge in [0.2, 0.25) is 6.23 Å². The molecule has 3 aromatic rings. The zero-order valence-corrected chi connectivity index (χ0v) is 16.0. The number of benzene rings is 2. The van der Waals surface area contributed by atoms with Gasteiger partial charge in [-0.05, 0) is 60.2 Å². The Kier molecular flexibility index (Phi) is 4.17. The van der Waals surface area contributed by atoms with E-state index in [1.54, 1.807) is 19.5 Å². The van der Waals surface area contributed by atoms with Crippen LogP contribution >= 0.6 is 11.6 Å². The first-order valence-electron chi connectivity index (χ1n) is 9.09. The number of pyridine rings is 1. The van der Waals surface area contributed by atoms with Crippen LogP contribution in [0.15, 0.2) is 72.1 Å². The lowest BCUT2D eigenvalue weighted by Crippen LogP contribution is -2.33. The zero-order chi connectivity index (χ0) is 19.1. The summed E-state index contributed by atoms with van der Waals surface area (Å²) in [6.07, 6.45) is 4.02. The topological polar surface area (TPSA) is 47.0 Å². The molecule has 0 N–H and O–H groups in total. The Hall–Kier alpha value is -3.05. The van der Waals surface area contributed by atoms with Gasteiger partial charge in [0.05, 0.1) is 18.9 Å². The van der Waals surface area contributed by atoms with Gasteiger partial charge in [0.25, 0.3) is 0 Å². The average Bonchev–Trinajstić information content (AvgIpc) is 3.20. The number of halogens is 1. The molecule has 0 fully saturated rings. The molecule has 0 amide bonds. The van der Waals surface area contributed by atoms with E-state index >= 15 is 0 Å². The van der Waals surface area contributed by atoms with Crippen LogP contribution in [0.2, 0.25) is 5.02 Å². The number of ether oxygens (including phenoxy) is 2. The molecule has 0 spiro atoms. The number of hydrogen-bond donors (Lipinski definition) is 0. The van der Waals surface area contributed by atoms with E-state index < -0.39 is 0 Å². The van der Waals surface area contributed by atoms with Crippen LogP contribution in [0.25, 0.3) is 0 Å². The molecule has 140 valence electrons. The summed E-state index contributed by atoms with van der Waals surface area (Å²) >= 11 is 6.27. The fourth-order valence-electron chi connectivity index (χ4n) is 3.76. The first-order chi connectivity index (χ1) is 13.7. The summed E-state index contributed by atoms with van der Waals surface area (Å²) < 4.78 is 11.6. The molecule has 6 heteroatoms. The van der Waals surface area contributed by atoms with Crippen LogP contribution < -0.4 is 9.47 Å². The van der Waals surface area contributed by atoms with Gasteiger partial charge in [-0.25, -0.2) is 5.01 Å². The second-order valence-electron chi connectivity index (χ2n) is 6.81. The molecule has 0 bridgehead atoms. The molecule has 5 rings (SSSR count). The Morgan fingerprint density at radius 1 is 1.07 bits per heavy atom. The van der Waals surface area contributed by atoms with Gasteiger partial charge >= 0.3 is 0 Å². The molecule has 2 aliphatic heterocycles. The van der Waals surface area contributed by atoms with E-state index in [1.165, 1.54) is 0 Å². The van der Waals surface area contributed by atoms with Gasteiger partial charge in [-0.15, -0.1) is 0 Å². The van der Waals surface area contributed by atoms with Gasteiger partial charge in [0.15, 0.2) is 0 Å². The standard InChI is InChI=1S/C22H18ClN3O2/c1-27-17-5-2-14(3-6-17)19-13-20-18-12-16(23)4-7-21(18)28-22(26(20)25-19)15-8-10-24-11-9-15/h2-12,20,22H,13H2,1H3/t20-,22-/m1/s1. The molecule has 2 aliphatic rings. The van der Waals surface area contributed by atoms with Crippen LogP contribution in [0.3, 0.4) is 0 Å². The highest BCUT2D eigenvalue weighted by Crippen LogP contribution is 2.48. The lowest BCUT2D eigenvalue weighted by molar-refractivity contribution is -0.0190. The number of fused-ring (bicyclic) bond motifs is 3. The van der Waals surface area contributed by atoms with E-state index in [0.29, 0.717) is 5.02 Å². The molecule has 0 unspecified atom stereocenters. The third-order valence-corrected chi connectivity index (χ3v) is 5.40. The van der Waals surface area contributed by atoms with E-state index in [2.05, 4.69) is 4.98 Å². The maximum absolute atomic E-state index is 6.32. The van der Waals surface area contributed by atoms with Crippen molar-refractivity contribution in [3.8, 4) is 11.5 Å². The summed E-state index contributed by atoms with van der Waals surface area (Å²) in [6.45, 7) is 0. The predicted molar refractivity (Wildman–Crippen MR) is 108 cm³/mol. The van der Waals surface area contributed by atoms with Crippen LogP contribution in [0.4, 0.5) is 0 Å². The summed E-state index contributed by atoms with van der Waals surface area (Å²) in [6, 6.07) is 17.8. The number of hydrogen-bond acceptors (Lipinski definition) is 5. The molecule has 3 heterocycles. The third-order valence-electron chi connectivity index (χ3n) is 5.17. The molecule has 28 heavy (non-hydrogen) atoms. The van der Waals surface area contributed by atoms with Crippen molar-refractivity contribution in [2.24, 2.45) is 5.10 Å². The van der Waals surface area contributed by atoms with Crippen molar-refractivity contribution in [2.75, 3.05) is 7.11 Å². The summed E-state index contributed by atoms with van der Waals surface area (Å²) in [7, 11) is 1.67. The highest BCUT2D eigenvalue weighted by atomic mass is 35.5. The van der Waals surface area contributed by atoms with E-state index in [-0.39, 0.29) is 12.3 Å². The van der Waals surface area contributed by atoms with Crippen LogP contribution in [0, 0.1) is 0 Å². The van der Waals surface area contributed by atoms with Gasteiger partial charge in [-0.3, -0.25) is 4.98 Å². The quantitative estimate of drug-likeness (QED) is 0.631. The monoisotopic (exact) mass is 391 g/mol. The minimum absolute atomic E-state index is 0.0673. The van der Waals surface area contributed by atoms with E-state index in [0.717, 1.165) is 40.3 Å². The Bertz CT molecular complexity index is 1040. The minimum Gasteiger partial charge on any atom is -0.497 e. The van der Waals surface area contributed by atoms with Crippen molar-refractivity contribution in [3.05, 3.63) is 88.7 Å². The normalized spacial score (nSPS) is 20.1. The zero-order valence-electron chi connectivity index (χ0n) is 15.2. The van der Waals surface area contributed by atoms with E-state index in [1.807, 2.05) is 59.6 Å². The lowest BCUT2D eigenvalue weighted by Gasteiger charge is -2.38. The maximum Gasteiger partial charge on any atom is 0.213 e. The average molecular weight is 392 g/mol.